The first-order chi connectivity index (χ1) is 20.9. The minimum absolute atomic E-state index is 0.389. The molecule has 11 heteroatoms. The molecule has 3 fully saturated rings. The molecule has 3 aromatic rings. The molecule has 43 heavy (non-hydrogen) atoms. The Kier molecular flexibility index (Phi) is 7.83. The van der Waals surface area contributed by atoms with Gasteiger partial charge in [-0.05, 0) is 62.4 Å². The van der Waals surface area contributed by atoms with Gasteiger partial charge in [0.05, 0.1) is 30.7 Å². The molecule has 0 aliphatic carbocycles. The van der Waals surface area contributed by atoms with Crippen molar-refractivity contribution in [2.24, 2.45) is 11.8 Å². The number of benzene rings is 2. The van der Waals surface area contributed by atoms with Gasteiger partial charge < -0.3 is 34.6 Å². The van der Waals surface area contributed by atoms with Gasteiger partial charge >= 0.3 is 0 Å². The van der Waals surface area contributed by atoms with E-state index < -0.39 is 0 Å². The first-order valence-corrected chi connectivity index (χ1v) is 15.6. The maximum absolute atomic E-state index is 6.44. The first kappa shape index (κ1) is 28.3. The summed E-state index contributed by atoms with van der Waals surface area (Å²) in [5.74, 6) is 4.55. The Balaban J connectivity index is 1.02. The minimum atomic E-state index is 0.389. The number of anilines is 5. The fourth-order valence-corrected chi connectivity index (χ4v) is 7.27. The molecule has 10 nitrogen and oxygen atoms in total. The number of hydrogen-bond acceptors (Lipinski definition) is 10. The number of aryl methyl sites for hydroxylation is 1. The molecule has 2 aromatic carbocycles. The monoisotopic (exact) mass is 604 g/mol. The van der Waals surface area contributed by atoms with Crippen LogP contribution in [0.5, 0.6) is 17.2 Å². The summed E-state index contributed by atoms with van der Waals surface area (Å²) in [4.78, 5) is 16.8. The summed E-state index contributed by atoms with van der Waals surface area (Å²) < 4.78 is 17.1. The van der Waals surface area contributed by atoms with Crippen molar-refractivity contribution in [3.05, 3.63) is 47.1 Å². The molecule has 3 saturated heterocycles. The Morgan fingerprint density at radius 3 is 2.56 bits per heavy atom. The highest BCUT2D eigenvalue weighted by atomic mass is 35.5. The van der Waals surface area contributed by atoms with E-state index in [0.29, 0.717) is 53.2 Å². The van der Waals surface area contributed by atoms with Gasteiger partial charge in [-0.2, -0.15) is 4.98 Å². The van der Waals surface area contributed by atoms with Gasteiger partial charge in [-0.1, -0.05) is 11.6 Å². The lowest BCUT2D eigenvalue weighted by Crippen LogP contribution is -2.45. The third-order valence-electron chi connectivity index (χ3n) is 9.24. The van der Waals surface area contributed by atoms with E-state index in [0.717, 1.165) is 36.4 Å². The molecule has 0 spiro atoms. The predicted molar refractivity (Wildman–Crippen MR) is 169 cm³/mol. The highest BCUT2D eigenvalue weighted by molar-refractivity contribution is 6.32. The van der Waals surface area contributed by atoms with E-state index in [1.807, 2.05) is 12.1 Å². The number of nitrogens with one attached hydrogen (secondary N) is 2. The van der Waals surface area contributed by atoms with Crippen LogP contribution in [-0.4, -0.2) is 92.4 Å². The maximum atomic E-state index is 6.44. The molecular weight excluding hydrogens is 566 g/mol. The summed E-state index contributed by atoms with van der Waals surface area (Å²) >= 11 is 6.44. The number of piperidine rings is 1. The zero-order chi connectivity index (χ0) is 29.5. The van der Waals surface area contributed by atoms with Crippen LogP contribution in [0.25, 0.3) is 0 Å². The van der Waals surface area contributed by atoms with E-state index in [1.165, 1.54) is 50.3 Å². The summed E-state index contributed by atoms with van der Waals surface area (Å²) in [5.41, 5.74) is 3.86. The summed E-state index contributed by atoms with van der Waals surface area (Å²) in [6, 6.07) is 11.8. The van der Waals surface area contributed by atoms with Gasteiger partial charge in [0, 0.05) is 57.1 Å². The summed E-state index contributed by atoms with van der Waals surface area (Å²) in [6.07, 6.45) is 3.97. The second-order valence-corrected chi connectivity index (χ2v) is 12.6. The Bertz CT molecular complexity index is 1470. The quantitative estimate of drug-likeness (QED) is 0.385. The van der Waals surface area contributed by atoms with Crippen molar-refractivity contribution in [2.45, 2.75) is 25.8 Å². The summed E-state index contributed by atoms with van der Waals surface area (Å²) in [6.45, 7) is 10.3. The number of rotatable bonds is 7. The first-order valence-electron chi connectivity index (χ1n) is 15.2. The molecule has 0 saturated carbocycles. The van der Waals surface area contributed by atoms with Gasteiger partial charge in [0.1, 0.15) is 24.0 Å². The van der Waals surface area contributed by atoms with E-state index in [4.69, 9.17) is 25.8 Å². The molecule has 2 N–H and O–H groups in total. The second-order valence-electron chi connectivity index (χ2n) is 12.2. The van der Waals surface area contributed by atoms with Crippen LogP contribution in [0.15, 0.2) is 30.5 Å². The lowest BCUT2D eigenvalue weighted by atomic mass is 10.0. The fourth-order valence-electron chi connectivity index (χ4n) is 7.13. The number of likely N-dealkylation sites (tertiary alicyclic amines) is 2. The van der Waals surface area contributed by atoms with E-state index in [9.17, 15) is 0 Å². The van der Waals surface area contributed by atoms with E-state index in [-0.39, 0.29) is 0 Å². The third kappa shape index (κ3) is 5.88. The Labute approximate surface area is 258 Å². The normalized spacial score (nSPS) is 22.5. The molecule has 227 valence electrons. The van der Waals surface area contributed by atoms with Gasteiger partial charge in [0.25, 0.3) is 0 Å². The topological polar surface area (TPSA) is 87.3 Å². The van der Waals surface area contributed by atoms with E-state index in [1.54, 1.807) is 13.3 Å². The summed E-state index contributed by atoms with van der Waals surface area (Å²) in [7, 11) is 3.96. The highest BCUT2D eigenvalue weighted by Gasteiger charge is 2.41. The third-order valence-corrected chi connectivity index (χ3v) is 9.52. The number of aromatic nitrogens is 2. The molecule has 4 aliphatic heterocycles. The number of ether oxygens (including phenoxy) is 3. The highest BCUT2D eigenvalue weighted by Crippen LogP contribution is 2.38. The van der Waals surface area contributed by atoms with Crippen molar-refractivity contribution < 1.29 is 14.2 Å². The van der Waals surface area contributed by atoms with Crippen molar-refractivity contribution in [3.8, 4) is 17.2 Å². The lowest BCUT2D eigenvalue weighted by Gasteiger charge is -2.39. The van der Waals surface area contributed by atoms with Crippen LogP contribution in [0.4, 0.5) is 28.8 Å². The molecule has 5 heterocycles. The zero-order valence-corrected chi connectivity index (χ0v) is 25.8. The largest absolute Gasteiger partial charge is 0.494 e. The van der Waals surface area contributed by atoms with E-state index in [2.05, 4.69) is 67.5 Å². The Hall–Kier alpha value is -3.47. The molecule has 1 aromatic heterocycles. The molecule has 0 unspecified atom stereocenters. The van der Waals surface area contributed by atoms with Crippen molar-refractivity contribution in [2.75, 3.05) is 82.2 Å². The number of nitrogens with zero attached hydrogens (tertiary/aromatic N) is 5. The lowest BCUT2D eigenvalue weighted by molar-refractivity contribution is 0.171. The number of hydrogen-bond donors (Lipinski definition) is 2. The molecule has 0 amide bonds. The van der Waals surface area contributed by atoms with Crippen molar-refractivity contribution in [3.63, 3.8) is 0 Å². The van der Waals surface area contributed by atoms with E-state index >= 15 is 0 Å². The molecule has 2 atom stereocenters. The maximum Gasteiger partial charge on any atom is 0.229 e. The van der Waals surface area contributed by atoms with Gasteiger partial charge in [-0.25, -0.2) is 4.98 Å². The number of halogens is 1. The fraction of sp³-hybridized carbons (Fsp3) is 0.500. The minimum Gasteiger partial charge on any atom is -0.494 e. The van der Waals surface area contributed by atoms with Crippen LogP contribution in [0.2, 0.25) is 5.02 Å². The zero-order valence-electron chi connectivity index (χ0n) is 25.0. The average Bonchev–Trinajstić information content (AvgIpc) is 3.57. The Morgan fingerprint density at radius 2 is 1.79 bits per heavy atom. The summed E-state index contributed by atoms with van der Waals surface area (Å²) in [5, 5.41) is 6.94. The Morgan fingerprint density at radius 1 is 1.02 bits per heavy atom. The van der Waals surface area contributed by atoms with Gasteiger partial charge in [0.15, 0.2) is 17.3 Å². The van der Waals surface area contributed by atoms with Crippen molar-refractivity contribution in [1.82, 2.24) is 19.8 Å². The number of methoxy groups -OCH3 is 1. The molecule has 7 rings (SSSR count). The van der Waals surface area contributed by atoms with Crippen LogP contribution in [0.1, 0.15) is 18.4 Å². The van der Waals surface area contributed by atoms with Gasteiger partial charge in [-0.3, -0.25) is 4.90 Å². The predicted octanol–water partition coefficient (Wildman–Crippen LogP) is 4.97. The second kappa shape index (κ2) is 11.9. The van der Waals surface area contributed by atoms with Crippen LogP contribution in [-0.2, 0) is 0 Å². The molecule has 4 aliphatic rings. The van der Waals surface area contributed by atoms with Crippen molar-refractivity contribution in [1.29, 1.82) is 0 Å². The van der Waals surface area contributed by atoms with Crippen LogP contribution < -0.4 is 29.7 Å². The van der Waals surface area contributed by atoms with Gasteiger partial charge in [-0.15, -0.1) is 0 Å². The standard InChI is InChI=1S/C32H39ClN7O3/c1-20-12-26(36-32-34-15-25(33)31(37-32)35-23-4-5-28-30(13-23)43-11-10-42-28)29(41-3)14-27(20)39-8-6-24(7-9-39)40-18-21-16-38(2)17-22(21)19-40/h4-5,12,14-15,21-22,24H,6-11,16-19H2,1-3H3,(H2,34,35,36,37)/t21-,22+. The smallest absolute Gasteiger partial charge is 0.229 e. The van der Waals surface area contributed by atoms with Gasteiger partial charge in [0.2, 0.25) is 5.95 Å². The molecule has 1 radical (unpaired) electrons. The average molecular weight is 605 g/mol. The molecular formula is C32H39ClN7O3. The van der Waals surface area contributed by atoms with Crippen LogP contribution in [0, 0.1) is 24.8 Å². The van der Waals surface area contributed by atoms with Crippen LogP contribution >= 0.6 is 11.6 Å². The van der Waals surface area contributed by atoms with Crippen molar-refractivity contribution >= 4 is 40.4 Å². The number of fused-ring (bicyclic) bond motifs is 2. The molecule has 0 bridgehead atoms. The van der Waals surface area contributed by atoms with Crippen LogP contribution in [0.3, 0.4) is 0 Å². The SMILES string of the molecule is COc1cc(N2CCC(N3C[C@H]4CN(C)C[C@H]4C3)CC2)c(C)cc1Nc1ncc(Cl)c(Nc2[c]c3c(cc2)OCCO3)n1.